The highest BCUT2D eigenvalue weighted by Gasteiger charge is 2.15. The van der Waals surface area contributed by atoms with Crippen LogP contribution in [0, 0.1) is 0 Å². The number of amides is 1. The number of aromatic nitrogens is 3. The maximum atomic E-state index is 11.5. The summed E-state index contributed by atoms with van der Waals surface area (Å²) in [6.45, 7) is 6.25. The minimum absolute atomic E-state index is 0.132. The van der Waals surface area contributed by atoms with Gasteiger partial charge in [-0.05, 0) is 39.0 Å². The van der Waals surface area contributed by atoms with Crippen molar-refractivity contribution in [3.05, 3.63) is 36.3 Å². The van der Waals surface area contributed by atoms with Crippen molar-refractivity contribution in [2.75, 3.05) is 18.4 Å². The molecule has 0 fully saturated rings. The molecule has 2 aromatic heterocycles. The smallest absolute Gasteiger partial charge is 0.407 e. The minimum atomic E-state index is -0.510. The third-order valence-corrected chi connectivity index (χ3v) is 3.00. The van der Waals surface area contributed by atoms with Gasteiger partial charge in [0.15, 0.2) is 5.82 Å². The topological polar surface area (TPSA) is 109 Å². The number of hydrogen-bond acceptors (Lipinski definition) is 7. The third kappa shape index (κ3) is 6.34. The van der Waals surface area contributed by atoms with Crippen molar-refractivity contribution in [3.8, 4) is 11.4 Å². The highest BCUT2D eigenvalue weighted by Crippen LogP contribution is 2.15. The molecule has 134 valence electrons. The number of pyridine rings is 1. The van der Waals surface area contributed by atoms with Crippen LogP contribution in [-0.2, 0) is 11.3 Å². The minimum Gasteiger partial charge on any atom is -0.444 e. The predicted molar refractivity (Wildman–Crippen MR) is 93.9 cm³/mol. The van der Waals surface area contributed by atoms with Crippen molar-refractivity contribution < 1.29 is 14.6 Å². The number of hydrogen-bond donors (Lipinski definition) is 3. The lowest BCUT2D eigenvalue weighted by atomic mass is 10.2. The van der Waals surface area contributed by atoms with Crippen LogP contribution in [0.5, 0.6) is 0 Å². The number of ether oxygens (including phenoxy) is 1. The average molecular weight is 345 g/mol. The van der Waals surface area contributed by atoms with E-state index in [2.05, 4.69) is 25.6 Å². The van der Waals surface area contributed by atoms with E-state index in [-0.39, 0.29) is 6.61 Å². The van der Waals surface area contributed by atoms with Crippen LogP contribution in [-0.4, -0.2) is 44.8 Å². The molecule has 0 atom stereocenters. The van der Waals surface area contributed by atoms with Gasteiger partial charge in [0.25, 0.3) is 0 Å². The number of carbonyl (C=O) groups is 1. The molecule has 25 heavy (non-hydrogen) atoms. The van der Waals surface area contributed by atoms with Gasteiger partial charge in [0.1, 0.15) is 11.4 Å². The zero-order valence-electron chi connectivity index (χ0n) is 14.6. The summed E-state index contributed by atoms with van der Waals surface area (Å²) in [6, 6.07) is 5.30. The normalized spacial score (nSPS) is 11.0. The zero-order chi connectivity index (χ0) is 18.3. The first-order valence-corrected chi connectivity index (χ1v) is 7.97. The van der Waals surface area contributed by atoms with Gasteiger partial charge >= 0.3 is 6.09 Å². The number of carbonyl (C=O) groups excluding carboxylic acids is 1. The van der Waals surface area contributed by atoms with Crippen molar-refractivity contribution in [3.63, 3.8) is 0 Å². The summed E-state index contributed by atoms with van der Waals surface area (Å²) in [6.07, 6.45) is 2.81. The molecule has 0 unspecified atom stereocenters. The molecule has 0 spiro atoms. The number of nitrogens with one attached hydrogen (secondary N) is 2. The van der Waals surface area contributed by atoms with Crippen LogP contribution in [0.3, 0.4) is 0 Å². The number of aliphatic hydroxyl groups is 1. The Morgan fingerprint density at radius 3 is 2.64 bits per heavy atom. The van der Waals surface area contributed by atoms with Crippen molar-refractivity contribution in [1.82, 2.24) is 20.3 Å². The zero-order valence-corrected chi connectivity index (χ0v) is 14.6. The molecule has 0 aliphatic rings. The van der Waals surface area contributed by atoms with Crippen molar-refractivity contribution in [1.29, 1.82) is 0 Å². The Hall–Kier alpha value is -2.74. The number of nitrogens with zero attached hydrogens (tertiary/aromatic N) is 3. The lowest BCUT2D eigenvalue weighted by Gasteiger charge is -2.19. The van der Waals surface area contributed by atoms with Crippen LogP contribution in [0.25, 0.3) is 11.4 Å². The Labute approximate surface area is 146 Å². The molecular weight excluding hydrogens is 322 g/mol. The molecule has 0 aromatic carbocycles. The first-order chi connectivity index (χ1) is 11.9. The SMILES string of the molecule is CC(C)(C)OC(=O)NCCNc1ccc(-c2nccc(CO)n2)cn1. The van der Waals surface area contributed by atoms with E-state index in [1.54, 1.807) is 24.5 Å². The largest absolute Gasteiger partial charge is 0.444 e. The molecule has 2 heterocycles. The Balaban J connectivity index is 1.81. The molecule has 0 bridgehead atoms. The fourth-order valence-corrected chi connectivity index (χ4v) is 1.92. The summed E-state index contributed by atoms with van der Waals surface area (Å²) in [5, 5.41) is 14.9. The van der Waals surface area contributed by atoms with E-state index in [9.17, 15) is 4.79 Å². The van der Waals surface area contributed by atoms with Gasteiger partial charge in [-0.25, -0.2) is 19.7 Å². The average Bonchev–Trinajstić information content (AvgIpc) is 2.58. The van der Waals surface area contributed by atoms with E-state index in [0.29, 0.717) is 30.4 Å². The van der Waals surface area contributed by atoms with E-state index in [0.717, 1.165) is 5.56 Å². The number of alkyl carbamates (subject to hydrolysis) is 1. The molecule has 0 radical (unpaired) electrons. The first kappa shape index (κ1) is 18.6. The molecule has 0 saturated carbocycles. The highest BCUT2D eigenvalue weighted by molar-refractivity contribution is 5.67. The Kier molecular flexibility index (Phi) is 6.24. The van der Waals surface area contributed by atoms with E-state index < -0.39 is 11.7 Å². The van der Waals surface area contributed by atoms with Crippen molar-refractivity contribution >= 4 is 11.9 Å². The third-order valence-electron chi connectivity index (χ3n) is 3.00. The summed E-state index contributed by atoms with van der Waals surface area (Å²) in [5.74, 6) is 1.19. The fourth-order valence-electron chi connectivity index (χ4n) is 1.92. The first-order valence-electron chi connectivity index (χ1n) is 7.97. The summed E-state index contributed by atoms with van der Waals surface area (Å²) in [4.78, 5) is 24.2. The van der Waals surface area contributed by atoms with Gasteiger partial charge < -0.3 is 20.5 Å². The van der Waals surface area contributed by atoms with E-state index in [1.165, 1.54) is 0 Å². The van der Waals surface area contributed by atoms with Gasteiger partial charge in [0, 0.05) is 31.0 Å². The number of rotatable bonds is 6. The second-order valence-corrected chi connectivity index (χ2v) is 6.32. The number of anilines is 1. The van der Waals surface area contributed by atoms with Crippen LogP contribution in [0.2, 0.25) is 0 Å². The van der Waals surface area contributed by atoms with Crippen LogP contribution in [0.15, 0.2) is 30.6 Å². The molecule has 3 N–H and O–H groups in total. The van der Waals surface area contributed by atoms with Crippen molar-refractivity contribution in [2.45, 2.75) is 33.0 Å². The molecule has 0 aliphatic carbocycles. The lowest BCUT2D eigenvalue weighted by Crippen LogP contribution is -2.35. The van der Waals surface area contributed by atoms with Gasteiger partial charge in [0.2, 0.25) is 0 Å². The molecule has 2 aromatic rings. The van der Waals surface area contributed by atoms with Gasteiger partial charge in [0.05, 0.1) is 12.3 Å². The molecule has 0 aliphatic heterocycles. The summed E-state index contributed by atoms with van der Waals surface area (Å²) in [5.41, 5.74) is 0.803. The van der Waals surface area contributed by atoms with E-state index >= 15 is 0 Å². The molecule has 2 rings (SSSR count). The van der Waals surface area contributed by atoms with Crippen molar-refractivity contribution in [2.24, 2.45) is 0 Å². The van der Waals surface area contributed by atoms with Gasteiger partial charge in [-0.1, -0.05) is 0 Å². The lowest BCUT2D eigenvalue weighted by molar-refractivity contribution is 0.0530. The Bertz CT molecular complexity index is 698. The van der Waals surface area contributed by atoms with Crippen LogP contribution < -0.4 is 10.6 Å². The molecule has 1 amide bonds. The fraction of sp³-hybridized carbons (Fsp3) is 0.412. The Morgan fingerprint density at radius 2 is 2.00 bits per heavy atom. The number of aliphatic hydroxyl groups excluding tert-OH is 1. The predicted octanol–water partition coefficient (Wildman–Crippen LogP) is 1.97. The van der Waals surface area contributed by atoms with Gasteiger partial charge in [-0.15, -0.1) is 0 Å². The summed E-state index contributed by atoms with van der Waals surface area (Å²) >= 11 is 0. The highest BCUT2D eigenvalue weighted by atomic mass is 16.6. The van der Waals surface area contributed by atoms with E-state index in [4.69, 9.17) is 9.84 Å². The molecule has 8 nitrogen and oxygen atoms in total. The maximum Gasteiger partial charge on any atom is 0.407 e. The quantitative estimate of drug-likeness (QED) is 0.687. The van der Waals surface area contributed by atoms with Crippen LogP contribution in [0.1, 0.15) is 26.5 Å². The second-order valence-electron chi connectivity index (χ2n) is 6.32. The van der Waals surface area contributed by atoms with Gasteiger partial charge in [-0.3, -0.25) is 0 Å². The second kappa shape index (κ2) is 8.39. The summed E-state index contributed by atoms with van der Waals surface area (Å²) in [7, 11) is 0. The van der Waals surface area contributed by atoms with Crippen LogP contribution in [0.4, 0.5) is 10.6 Å². The van der Waals surface area contributed by atoms with Gasteiger partial charge in [-0.2, -0.15) is 0 Å². The molecule has 8 heteroatoms. The van der Waals surface area contributed by atoms with E-state index in [1.807, 2.05) is 26.8 Å². The maximum absolute atomic E-state index is 11.5. The summed E-state index contributed by atoms with van der Waals surface area (Å²) < 4.78 is 5.15. The standard InChI is InChI=1S/C17H23N5O3/c1-17(2,3)25-16(24)20-9-8-18-14-5-4-12(10-21-14)15-19-7-6-13(11-23)22-15/h4-7,10,23H,8-9,11H2,1-3H3,(H,18,21)(H,20,24). The monoisotopic (exact) mass is 345 g/mol. The Morgan fingerprint density at radius 1 is 1.20 bits per heavy atom. The molecule has 0 saturated heterocycles. The van der Waals surface area contributed by atoms with Crippen LogP contribution >= 0.6 is 0 Å². The molecular formula is C17H23N5O3.